The van der Waals surface area contributed by atoms with Crippen molar-refractivity contribution in [2.24, 2.45) is 11.7 Å². The van der Waals surface area contributed by atoms with Crippen LogP contribution in [0.25, 0.3) is 0 Å². The first kappa shape index (κ1) is 15.4. The molecule has 0 bridgehead atoms. The van der Waals surface area contributed by atoms with E-state index in [1.165, 1.54) is 6.07 Å². The van der Waals surface area contributed by atoms with Gasteiger partial charge in [-0.2, -0.15) is 0 Å². The summed E-state index contributed by atoms with van der Waals surface area (Å²) in [5, 5.41) is 0. The highest BCUT2D eigenvalue weighted by molar-refractivity contribution is 5.80. The largest absolute Gasteiger partial charge is 0.370 e. The van der Waals surface area contributed by atoms with Crippen molar-refractivity contribution in [3.63, 3.8) is 0 Å². The lowest BCUT2D eigenvalue weighted by molar-refractivity contribution is -0.143. The van der Waals surface area contributed by atoms with Crippen molar-refractivity contribution in [1.82, 2.24) is 4.90 Å². The molecule has 1 amide bonds. The number of carbonyl (C=O) groups excluding carboxylic acids is 1. The molecule has 4 nitrogen and oxygen atoms in total. The molecular weight excluding hydrogens is 290 g/mol. The molecule has 2 aliphatic rings. The van der Waals surface area contributed by atoms with Gasteiger partial charge in [-0.3, -0.25) is 4.79 Å². The second-order valence-corrected chi connectivity index (χ2v) is 6.02. The Kier molecular flexibility index (Phi) is 4.40. The third-order valence-corrected chi connectivity index (χ3v) is 4.58. The molecule has 3 unspecified atom stereocenters. The number of nitrogens with zero attached hydrogens (tertiary/aromatic N) is 1. The number of ether oxygens (including phenoxy) is 1. The molecule has 1 aromatic carbocycles. The van der Waals surface area contributed by atoms with Gasteiger partial charge in [0.05, 0.1) is 19.1 Å². The molecule has 0 aromatic heterocycles. The van der Waals surface area contributed by atoms with Crippen molar-refractivity contribution in [3.05, 3.63) is 35.4 Å². The molecule has 1 aromatic rings. The monoisotopic (exact) mass is 310 g/mol. The number of rotatable bonds is 2. The van der Waals surface area contributed by atoms with Gasteiger partial charge in [0, 0.05) is 12.6 Å². The van der Waals surface area contributed by atoms with Crippen LogP contribution in [-0.4, -0.2) is 36.5 Å². The van der Waals surface area contributed by atoms with Crippen LogP contribution in [0.1, 0.15) is 30.9 Å². The Hall–Kier alpha value is -1.53. The van der Waals surface area contributed by atoms with E-state index in [4.69, 9.17) is 10.5 Å². The number of hydrogen-bond donors (Lipinski definition) is 1. The van der Waals surface area contributed by atoms with E-state index in [0.29, 0.717) is 25.3 Å². The first-order valence-corrected chi connectivity index (χ1v) is 7.67. The highest BCUT2D eigenvalue weighted by Gasteiger charge is 2.35. The van der Waals surface area contributed by atoms with Crippen LogP contribution in [-0.2, 0) is 9.53 Å². The first-order chi connectivity index (χ1) is 10.6. The highest BCUT2D eigenvalue weighted by atomic mass is 19.2. The maximum absolute atomic E-state index is 13.4. The maximum Gasteiger partial charge on any atom is 0.227 e. The van der Waals surface area contributed by atoms with Gasteiger partial charge in [-0.1, -0.05) is 12.5 Å². The summed E-state index contributed by atoms with van der Waals surface area (Å²) in [5.41, 5.74) is 6.55. The number of nitrogens with two attached hydrogens (primary N) is 1. The Morgan fingerprint density at radius 1 is 1.27 bits per heavy atom. The molecule has 120 valence electrons. The predicted molar refractivity (Wildman–Crippen MR) is 76.9 cm³/mol. The molecule has 6 heteroatoms. The molecule has 1 saturated carbocycles. The molecule has 0 radical (unpaired) electrons. The molecule has 2 N–H and O–H groups in total. The summed E-state index contributed by atoms with van der Waals surface area (Å²) in [5.74, 6) is -1.85. The van der Waals surface area contributed by atoms with Crippen LogP contribution in [0, 0.1) is 17.6 Å². The maximum atomic E-state index is 13.4. The van der Waals surface area contributed by atoms with Crippen LogP contribution in [0.2, 0.25) is 0 Å². The second-order valence-electron chi connectivity index (χ2n) is 6.02. The van der Waals surface area contributed by atoms with Crippen LogP contribution in [0.15, 0.2) is 18.2 Å². The lowest BCUT2D eigenvalue weighted by Crippen LogP contribution is -2.47. The Labute approximate surface area is 128 Å². The number of carbonyl (C=O) groups is 1. The number of hydrogen-bond acceptors (Lipinski definition) is 3. The minimum Gasteiger partial charge on any atom is -0.370 e. The van der Waals surface area contributed by atoms with E-state index in [1.54, 1.807) is 4.90 Å². The fourth-order valence-corrected chi connectivity index (χ4v) is 3.29. The minimum atomic E-state index is -0.901. The normalized spacial score (nSPS) is 28.9. The molecule has 1 aliphatic heterocycles. The molecule has 22 heavy (non-hydrogen) atoms. The molecule has 0 spiro atoms. The van der Waals surface area contributed by atoms with Gasteiger partial charge in [-0.05, 0) is 30.5 Å². The standard InChI is InChI=1S/C16H20F2N2O2/c17-12-5-4-10(8-13(12)18)15-9-20(6-7-22-15)16(21)11-2-1-3-14(11)19/h4-5,8,11,14-15H,1-3,6-7,9,19H2. The molecule has 2 fully saturated rings. The van der Waals surface area contributed by atoms with Gasteiger partial charge in [-0.25, -0.2) is 8.78 Å². The fourth-order valence-electron chi connectivity index (χ4n) is 3.29. The number of halogens is 2. The lowest BCUT2D eigenvalue weighted by Gasteiger charge is -2.35. The number of benzene rings is 1. The Morgan fingerprint density at radius 2 is 2.09 bits per heavy atom. The molecule has 3 atom stereocenters. The average Bonchev–Trinajstić information content (AvgIpc) is 2.95. The summed E-state index contributed by atoms with van der Waals surface area (Å²) in [7, 11) is 0. The molecule has 1 heterocycles. The Balaban J connectivity index is 1.71. The van der Waals surface area contributed by atoms with Crippen molar-refractivity contribution in [2.45, 2.75) is 31.4 Å². The van der Waals surface area contributed by atoms with Gasteiger partial charge in [0.2, 0.25) is 5.91 Å². The van der Waals surface area contributed by atoms with E-state index >= 15 is 0 Å². The van der Waals surface area contributed by atoms with Crippen molar-refractivity contribution < 1.29 is 18.3 Å². The quantitative estimate of drug-likeness (QED) is 0.909. The fraction of sp³-hybridized carbons (Fsp3) is 0.562. The topological polar surface area (TPSA) is 55.6 Å². The third-order valence-electron chi connectivity index (χ3n) is 4.58. The molecule has 3 rings (SSSR count). The van der Waals surface area contributed by atoms with E-state index in [9.17, 15) is 13.6 Å². The summed E-state index contributed by atoms with van der Waals surface area (Å²) in [6.45, 7) is 1.26. The minimum absolute atomic E-state index is 0.0564. The van der Waals surface area contributed by atoms with Crippen LogP contribution in [0.4, 0.5) is 8.78 Å². The molecular formula is C16H20F2N2O2. The predicted octanol–water partition coefficient (Wildman–Crippen LogP) is 1.99. The zero-order chi connectivity index (χ0) is 15.7. The molecule has 1 aliphatic carbocycles. The Bertz CT molecular complexity index is 567. The van der Waals surface area contributed by atoms with Gasteiger partial charge < -0.3 is 15.4 Å². The number of morpholine rings is 1. The van der Waals surface area contributed by atoms with Crippen molar-refractivity contribution in [1.29, 1.82) is 0 Å². The van der Waals surface area contributed by atoms with Gasteiger partial charge in [-0.15, -0.1) is 0 Å². The van der Waals surface area contributed by atoms with Gasteiger partial charge in [0.25, 0.3) is 0 Å². The van der Waals surface area contributed by atoms with Crippen LogP contribution < -0.4 is 5.73 Å². The SMILES string of the molecule is NC1CCCC1C(=O)N1CCOC(c2ccc(F)c(F)c2)C1. The summed E-state index contributed by atoms with van der Waals surface area (Å²) in [4.78, 5) is 14.3. The second kappa shape index (κ2) is 6.30. The van der Waals surface area contributed by atoms with Crippen molar-refractivity contribution in [3.8, 4) is 0 Å². The zero-order valence-corrected chi connectivity index (χ0v) is 12.3. The average molecular weight is 310 g/mol. The van der Waals surface area contributed by atoms with E-state index in [0.717, 1.165) is 31.4 Å². The van der Waals surface area contributed by atoms with Crippen molar-refractivity contribution >= 4 is 5.91 Å². The zero-order valence-electron chi connectivity index (χ0n) is 12.3. The van der Waals surface area contributed by atoms with Gasteiger partial charge in [0.15, 0.2) is 11.6 Å². The van der Waals surface area contributed by atoms with Crippen LogP contribution in [0.5, 0.6) is 0 Å². The first-order valence-electron chi connectivity index (χ1n) is 7.67. The Morgan fingerprint density at radius 3 is 2.77 bits per heavy atom. The third kappa shape index (κ3) is 2.98. The summed E-state index contributed by atoms with van der Waals surface area (Å²) >= 11 is 0. The van der Waals surface area contributed by atoms with E-state index in [1.807, 2.05) is 0 Å². The highest BCUT2D eigenvalue weighted by Crippen LogP contribution is 2.29. The summed E-state index contributed by atoms with van der Waals surface area (Å²) in [6.07, 6.45) is 2.26. The van der Waals surface area contributed by atoms with Crippen molar-refractivity contribution in [2.75, 3.05) is 19.7 Å². The molecule has 1 saturated heterocycles. The number of amides is 1. The van der Waals surface area contributed by atoms with Crippen LogP contribution in [0.3, 0.4) is 0 Å². The van der Waals surface area contributed by atoms with Gasteiger partial charge >= 0.3 is 0 Å². The van der Waals surface area contributed by atoms with E-state index in [-0.39, 0.29) is 17.9 Å². The van der Waals surface area contributed by atoms with E-state index in [2.05, 4.69) is 0 Å². The van der Waals surface area contributed by atoms with E-state index < -0.39 is 17.7 Å². The van der Waals surface area contributed by atoms with Crippen LogP contribution >= 0.6 is 0 Å². The lowest BCUT2D eigenvalue weighted by atomic mass is 10.0. The van der Waals surface area contributed by atoms with Gasteiger partial charge in [0.1, 0.15) is 6.10 Å². The summed E-state index contributed by atoms with van der Waals surface area (Å²) < 4.78 is 32.0. The summed E-state index contributed by atoms with van der Waals surface area (Å²) in [6, 6.07) is 3.65. The smallest absolute Gasteiger partial charge is 0.227 e.